The molecular weight excluding hydrogens is 261 g/mol. The first-order valence-corrected chi connectivity index (χ1v) is 5.74. The third-order valence-electron chi connectivity index (χ3n) is 1.55. The molecule has 0 saturated heterocycles. The van der Waals surface area contributed by atoms with Crippen LogP contribution in [0.2, 0.25) is 0 Å². The molecular formula is C7H5F3N4S2. The van der Waals surface area contributed by atoms with Crippen LogP contribution in [0.5, 0.6) is 0 Å². The highest BCUT2D eigenvalue weighted by atomic mass is 32.1. The van der Waals surface area contributed by atoms with E-state index in [1.54, 1.807) is 11.6 Å². The van der Waals surface area contributed by atoms with Crippen LogP contribution in [0.1, 0.15) is 10.8 Å². The van der Waals surface area contributed by atoms with Crippen molar-refractivity contribution in [3.8, 4) is 0 Å². The molecule has 0 aliphatic rings. The van der Waals surface area contributed by atoms with E-state index >= 15 is 0 Å². The minimum absolute atomic E-state index is 0.141. The molecule has 0 aromatic carbocycles. The van der Waals surface area contributed by atoms with Crippen LogP contribution in [0, 0.1) is 0 Å². The molecule has 0 saturated carbocycles. The molecule has 0 fully saturated rings. The molecule has 9 heteroatoms. The highest BCUT2D eigenvalue weighted by Gasteiger charge is 2.36. The average Bonchev–Trinajstić information content (AvgIpc) is 2.85. The van der Waals surface area contributed by atoms with E-state index in [-0.39, 0.29) is 5.13 Å². The summed E-state index contributed by atoms with van der Waals surface area (Å²) in [5, 5.41) is 5.44. The van der Waals surface area contributed by atoms with E-state index in [0.29, 0.717) is 18.1 Å². The summed E-state index contributed by atoms with van der Waals surface area (Å²) in [5.74, 6) is -1.11. The zero-order valence-corrected chi connectivity index (χ0v) is 9.29. The summed E-state index contributed by atoms with van der Waals surface area (Å²) >= 11 is 2.10. The van der Waals surface area contributed by atoms with E-state index in [1.165, 1.54) is 11.3 Å². The zero-order chi connectivity index (χ0) is 11.6. The highest BCUT2D eigenvalue weighted by Crippen LogP contribution is 2.29. The molecule has 0 aliphatic heterocycles. The minimum atomic E-state index is -4.49. The Bertz CT molecular complexity index is 450. The summed E-state index contributed by atoms with van der Waals surface area (Å²) in [5.41, 5.74) is 0. The Labute approximate surface area is 96.3 Å². The lowest BCUT2D eigenvalue weighted by Crippen LogP contribution is -2.07. The number of hydrogen-bond donors (Lipinski definition) is 1. The Hall–Kier alpha value is -1.22. The lowest BCUT2D eigenvalue weighted by molar-refractivity contribution is -0.144. The fourth-order valence-electron chi connectivity index (χ4n) is 0.902. The van der Waals surface area contributed by atoms with Crippen molar-refractivity contribution >= 4 is 28.0 Å². The second-order valence-electron chi connectivity index (χ2n) is 2.70. The average molecular weight is 266 g/mol. The third kappa shape index (κ3) is 2.67. The first-order valence-electron chi connectivity index (χ1n) is 4.09. The first-order chi connectivity index (χ1) is 7.55. The minimum Gasteiger partial charge on any atom is -0.354 e. The zero-order valence-electron chi connectivity index (χ0n) is 7.65. The fourth-order valence-corrected chi connectivity index (χ4v) is 2.04. The molecule has 2 aromatic rings. The Kier molecular flexibility index (Phi) is 3.06. The third-order valence-corrected chi connectivity index (χ3v) is 3.01. The number of alkyl halides is 3. The summed E-state index contributed by atoms with van der Waals surface area (Å²) in [4.78, 5) is 7.31. The molecule has 0 unspecified atom stereocenters. The van der Waals surface area contributed by atoms with Crippen LogP contribution in [-0.4, -0.2) is 14.3 Å². The SMILES string of the molecule is FC(F)(F)c1nsc(NCc2nccs2)n1. The quantitative estimate of drug-likeness (QED) is 0.927. The van der Waals surface area contributed by atoms with Gasteiger partial charge in [-0.3, -0.25) is 0 Å². The maximum absolute atomic E-state index is 12.2. The van der Waals surface area contributed by atoms with Gasteiger partial charge in [0, 0.05) is 23.1 Å². The van der Waals surface area contributed by atoms with Crippen molar-refractivity contribution in [2.45, 2.75) is 12.7 Å². The number of halogens is 3. The van der Waals surface area contributed by atoms with E-state index in [2.05, 4.69) is 19.7 Å². The molecule has 1 N–H and O–H groups in total. The number of aromatic nitrogens is 3. The number of hydrogen-bond acceptors (Lipinski definition) is 6. The lowest BCUT2D eigenvalue weighted by Gasteiger charge is -1.99. The van der Waals surface area contributed by atoms with E-state index in [0.717, 1.165) is 5.01 Å². The van der Waals surface area contributed by atoms with Gasteiger partial charge in [-0.05, 0) is 0 Å². The van der Waals surface area contributed by atoms with Gasteiger partial charge < -0.3 is 5.32 Å². The van der Waals surface area contributed by atoms with Crippen molar-refractivity contribution in [1.82, 2.24) is 14.3 Å². The standard InChI is InChI=1S/C7H5F3N4S2/c8-7(9,10)5-13-6(16-14-5)12-3-4-11-1-2-15-4/h1-2H,3H2,(H,12,13,14). The first kappa shape index (κ1) is 11.3. The van der Waals surface area contributed by atoms with Crippen molar-refractivity contribution < 1.29 is 13.2 Å². The van der Waals surface area contributed by atoms with Crippen molar-refractivity contribution in [2.24, 2.45) is 0 Å². The van der Waals surface area contributed by atoms with Crippen LogP contribution in [0.15, 0.2) is 11.6 Å². The predicted molar refractivity (Wildman–Crippen MR) is 54.4 cm³/mol. The van der Waals surface area contributed by atoms with E-state index in [1.807, 2.05) is 0 Å². The normalized spacial score (nSPS) is 11.7. The van der Waals surface area contributed by atoms with Crippen LogP contribution < -0.4 is 5.32 Å². The molecule has 16 heavy (non-hydrogen) atoms. The van der Waals surface area contributed by atoms with E-state index in [4.69, 9.17) is 0 Å². The van der Waals surface area contributed by atoms with Crippen molar-refractivity contribution in [3.63, 3.8) is 0 Å². The lowest BCUT2D eigenvalue weighted by atomic mass is 10.6. The van der Waals surface area contributed by atoms with Crippen LogP contribution in [0.4, 0.5) is 18.3 Å². The molecule has 0 radical (unpaired) electrons. The van der Waals surface area contributed by atoms with Crippen LogP contribution in [0.25, 0.3) is 0 Å². The Morgan fingerprint density at radius 1 is 1.38 bits per heavy atom. The summed E-state index contributed by atoms with van der Waals surface area (Å²) in [7, 11) is 0. The van der Waals surface area contributed by atoms with Crippen LogP contribution in [-0.2, 0) is 12.7 Å². The van der Waals surface area contributed by atoms with Crippen molar-refractivity contribution in [3.05, 3.63) is 22.4 Å². The second-order valence-corrected chi connectivity index (χ2v) is 4.43. The number of nitrogens with one attached hydrogen (secondary N) is 1. The molecule has 0 atom stereocenters. The van der Waals surface area contributed by atoms with Crippen molar-refractivity contribution in [2.75, 3.05) is 5.32 Å². The maximum atomic E-state index is 12.2. The summed E-state index contributed by atoms with van der Waals surface area (Å²) < 4.78 is 39.7. The molecule has 0 amide bonds. The summed E-state index contributed by atoms with van der Waals surface area (Å²) in [6, 6.07) is 0. The molecule has 2 aromatic heterocycles. The van der Waals surface area contributed by atoms with Gasteiger partial charge in [-0.2, -0.15) is 22.5 Å². The number of nitrogens with zero attached hydrogens (tertiary/aromatic N) is 3. The van der Waals surface area contributed by atoms with Crippen molar-refractivity contribution in [1.29, 1.82) is 0 Å². The van der Waals surface area contributed by atoms with E-state index < -0.39 is 12.0 Å². The van der Waals surface area contributed by atoms with Crippen LogP contribution in [0.3, 0.4) is 0 Å². The number of anilines is 1. The maximum Gasteiger partial charge on any atom is 0.452 e. The Balaban J connectivity index is 1.98. The predicted octanol–water partition coefficient (Wildman–Crippen LogP) is 2.63. The molecule has 0 bridgehead atoms. The molecule has 2 rings (SSSR count). The van der Waals surface area contributed by atoms with Gasteiger partial charge in [-0.15, -0.1) is 11.3 Å². The summed E-state index contributed by atoms with van der Waals surface area (Å²) in [6.07, 6.45) is -2.86. The van der Waals surface area contributed by atoms with Gasteiger partial charge in [-0.1, -0.05) is 0 Å². The van der Waals surface area contributed by atoms with Gasteiger partial charge in [0.15, 0.2) is 0 Å². The topological polar surface area (TPSA) is 50.7 Å². The molecule has 2 heterocycles. The highest BCUT2D eigenvalue weighted by molar-refractivity contribution is 7.10. The fraction of sp³-hybridized carbons (Fsp3) is 0.286. The smallest absolute Gasteiger partial charge is 0.354 e. The largest absolute Gasteiger partial charge is 0.452 e. The Morgan fingerprint density at radius 3 is 2.75 bits per heavy atom. The van der Waals surface area contributed by atoms with Crippen LogP contribution >= 0.6 is 22.9 Å². The second kappa shape index (κ2) is 4.34. The Morgan fingerprint density at radius 2 is 2.19 bits per heavy atom. The monoisotopic (exact) mass is 266 g/mol. The van der Waals surface area contributed by atoms with E-state index in [9.17, 15) is 13.2 Å². The summed E-state index contributed by atoms with van der Waals surface area (Å²) in [6.45, 7) is 0.351. The molecule has 4 nitrogen and oxygen atoms in total. The van der Waals surface area contributed by atoms with Gasteiger partial charge in [0.2, 0.25) is 11.0 Å². The van der Waals surface area contributed by atoms with Gasteiger partial charge in [0.25, 0.3) is 0 Å². The van der Waals surface area contributed by atoms with Gasteiger partial charge >= 0.3 is 6.18 Å². The number of thiazole rings is 1. The molecule has 0 spiro atoms. The molecule has 0 aliphatic carbocycles. The molecule has 86 valence electrons. The number of rotatable bonds is 3. The van der Waals surface area contributed by atoms with Gasteiger partial charge in [-0.25, -0.2) is 4.98 Å². The van der Waals surface area contributed by atoms with Gasteiger partial charge in [0.05, 0.1) is 6.54 Å². The van der Waals surface area contributed by atoms with Gasteiger partial charge in [0.1, 0.15) is 5.01 Å².